The van der Waals surface area contributed by atoms with Crippen molar-refractivity contribution in [3.8, 4) is 11.5 Å². The van der Waals surface area contributed by atoms with Crippen molar-refractivity contribution in [1.29, 1.82) is 0 Å². The summed E-state index contributed by atoms with van der Waals surface area (Å²) in [4.78, 5) is 0. The lowest BCUT2D eigenvalue weighted by molar-refractivity contribution is 0.147. The fourth-order valence-electron chi connectivity index (χ4n) is 5.11. The molecule has 4 atom stereocenters. The Morgan fingerprint density at radius 2 is 1.68 bits per heavy atom. The predicted octanol–water partition coefficient (Wildman–Crippen LogP) is 4.73. The third kappa shape index (κ3) is 3.04. The number of methoxy groups -OCH3 is 2. The minimum Gasteiger partial charge on any atom is -0.497 e. The highest BCUT2D eigenvalue weighted by atomic mass is 16.5. The number of piperidine rings is 1. The van der Waals surface area contributed by atoms with E-state index in [1.165, 1.54) is 0 Å². The van der Waals surface area contributed by atoms with Crippen LogP contribution in [-0.2, 0) is 0 Å². The molecular weight excluding hydrogens is 352 g/mol. The van der Waals surface area contributed by atoms with Crippen molar-refractivity contribution in [2.24, 2.45) is 16.5 Å². The molecule has 5 nitrogen and oxygen atoms in total. The lowest BCUT2D eigenvalue weighted by Gasteiger charge is -2.53. The van der Waals surface area contributed by atoms with Crippen molar-refractivity contribution in [2.45, 2.75) is 38.3 Å². The van der Waals surface area contributed by atoms with Gasteiger partial charge in [-0.2, -0.15) is 0 Å². The summed E-state index contributed by atoms with van der Waals surface area (Å²) >= 11 is 0. The van der Waals surface area contributed by atoms with E-state index in [4.69, 9.17) is 9.47 Å². The molecule has 1 saturated carbocycles. The largest absolute Gasteiger partial charge is 0.497 e. The Balaban J connectivity index is 1.81. The van der Waals surface area contributed by atoms with E-state index in [0.717, 1.165) is 47.6 Å². The third-order valence-corrected chi connectivity index (χ3v) is 6.52. The molecule has 28 heavy (non-hydrogen) atoms. The number of rotatable bonds is 4. The van der Waals surface area contributed by atoms with Gasteiger partial charge in [-0.3, -0.25) is 0 Å². The van der Waals surface area contributed by atoms with E-state index >= 15 is 0 Å². The standard InChI is InChI=1S/C23H28N2O3/c1-23-12-6-11-19(22(23)25-26)20(15-7-4-9-17(13-15)27-2)24-21(23)16-8-5-10-18(14-16)28-3/h4-5,7-10,13-14,19-21,24,26H,6,11-12H2,1-3H3/b25-22+. The second-order valence-electron chi connectivity index (χ2n) is 8.03. The SMILES string of the molecule is COc1cccc(C2NC(c3cccc(OC)c3)C3(C)CCCC2/C3=N\O)c1. The summed E-state index contributed by atoms with van der Waals surface area (Å²) < 4.78 is 10.9. The van der Waals surface area contributed by atoms with Gasteiger partial charge >= 0.3 is 0 Å². The van der Waals surface area contributed by atoms with Crippen LogP contribution >= 0.6 is 0 Å². The van der Waals surface area contributed by atoms with E-state index < -0.39 is 0 Å². The average molecular weight is 380 g/mol. The fourth-order valence-corrected chi connectivity index (χ4v) is 5.11. The van der Waals surface area contributed by atoms with Gasteiger partial charge in [-0.15, -0.1) is 0 Å². The summed E-state index contributed by atoms with van der Waals surface area (Å²) in [5.74, 6) is 1.84. The quantitative estimate of drug-likeness (QED) is 0.595. The molecule has 4 unspecified atom stereocenters. The highest BCUT2D eigenvalue weighted by molar-refractivity contribution is 5.94. The Kier molecular flexibility index (Phi) is 5.02. The van der Waals surface area contributed by atoms with Crippen molar-refractivity contribution in [3.63, 3.8) is 0 Å². The first-order valence-corrected chi connectivity index (χ1v) is 9.87. The van der Waals surface area contributed by atoms with Gasteiger partial charge in [-0.25, -0.2) is 0 Å². The Labute approximate surface area is 166 Å². The van der Waals surface area contributed by atoms with Crippen LogP contribution in [0.15, 0.2) is 53.7 Å². The molecule has 1 heterocycles. The summed E-state index contributed by atoms with van der Waals surface area (Å²) in [6.07, 6.45) is 3.11. The van der Waals surface area contributed by atoms with E-state index in [-0.39, 0.29) is 23.4 Å². The van der Waals surface area contributed by atoms with E-state index in [2.05, 4.69) is 41.7 Å². The third-order valence-electron chi connectivity index (χ3n) is 6.52. The molecule has 0 spiro atoms. The Hall–Kier alpha value is -2.53. The lowest BCUT2D eigenvalue weighted by atomic mass is 9.58. The van der Waals surface area contributed by atoms with Crippen LogP contribution in [-0.4, -0.2) is 25.1 Å². The van der Waals surface area contributed by atoms with Crippen LogP contribution in [0, 0.1) is 11.3 Å². The van der Waals surface area contributed by atoms with Crippen molar-refractivity contribution >= 4 is 5.71 Å². The van der Waals surface area contributed by atoms with Crippen LogP contribution in [0.3, 0.4) is 0 Å². The molecule has 2 aromatic carbocycles. The van der Waals surface area contributed by atoms with Gasteiger partial charge in [-0.1, -0.05) is 42.8 Å². The second-order valence-corrected chi connectivity index (χ2v) is 8.03. The molecule has 1 aliphatic carbocycles. The Morgan fingerprint density at radius 3 is 2.32 bits per heavy atom. The van der Waals surface area contributed by atoms with Crippen LogP contribution in [0.4, 0.5) is 0 Å². The molecule has 5 heteroatoms. The molecule has 1 saturated heterocycles. The summed E-state index contributed by atoms with van der Waals surface area (Å²) in [6.45, 7) is 2.22. The van der Waals surface area contributed by atoms with Gasteiger partial charge < -0.3 is 20.0 Å². The minimum atomic E-state index is -0.237. The van der Waals surface area contributed by atoms with E-state index in [1.54, 1.807) is 14.2 Å². The zero-order valence-corrected chi connectivity index (χ0v) is 16.7. The molecule has 0 amide bonds. The van der Waals surface area contributed by atoms with Gasteiger partial charge in [0.15, 0.2) is 0 Å². The molecule has 1 aliphatic heterocycles. The summed E-state index contributed by atoms with van der Waals surface area (Å²) in [6, 6.07) is 16.4. The van der Waals surface area contributed by atoms with Gasteiger partial charge in [0.2, 0.25) is 0 Å². The number of hydrogen-bond donors (Lipinski definition) is 2. The Morgan fingerprint density at radius 1 is 1.04 bits per heavy atom. The highest BCUT2D eigenvalue weighted by Crippen LogP contribution is 2.54. The smallest absolute Gasteiger partial charge is 0.119 e. The summed E-state index contributed by atoms with van der Waals surface area (Å²) in [5.41, 5.74) is 2.97. The van der Waals surface area contributed by atoms with Gasteiger partial charge in [0.05, 0.1) is 19.9 Å². The number of fused-ring (bicyclic) bond motifs is 2. The van der Waals surface area contributed by atoms with Crippen molar-refractivity contribution in [1.82, 2.24) is 5.32 Å². The maximum Gasteiger partial charge on any atom is 0.119 e. The van der Waals surface area contributed by atoms with Crippen molar-refractivity contribution in [3.05, 3.63) is 59.7 Å². The zero-order valence-electron chi connectivity index (χ0n) is 16.7. The molecule has 2 N–H and O–H groups in total. The van der Waals surface area contributed by atoms with Gasteiger partial charge in [0, 0.05) is 23.4 Å². The lowest BCUT2D eigenvalue weighted by Crippen LogP contribution is -2.56. The number of nitrogens with one attached hydrogen (secondary N) is 1. The molecular formula is C23H28N2O3. The predicted molar refractivity (Wildman–Crippen MR) is 109 cm³/mol. The molecule has 0 aromatic heterocycles. The molecule has 2 bridgehead atoms. The normalized spacial score (nSPS) is 30.8. The minimum absolute atomic E-state index is 0.0289. The molecule has 0 radical (unpaired) electrons. The first kappa shape index (κ1) is 18.8. The summed E-state index contributed by atoms with van der Waals surface area (Å²) in [7, 11) is 3.37. The monoisotopic (exact) mass is 380 g/mol. The van der Waals surface area contributed by atoms with E-state index in [9.17, 15) is 5.21 Å². The number of oxime groups is 1. The zero-order chi connectivity index (χ0) is 19.7. The number of hydrogen-bond acceptors (Lipinski definition) is 5. The van der Waals surface area contributed by atoms with Gasteiger partial charge in [0.1, 0.15) is 11.5 Å². The number of benzene rings is 2. The number of nitrogens with zero attached hydrogens (tertiary/aromatic N) is 1. The number of ether oxygens (including phenoxy) is 2. The maximum absolute atomic E-state index is 10.0. The van der Waals surface area contributed by atoms with Gasteiger partial charge in [0.25, 0.3) is 0 Å². The maximum atomic E-state index is 10.0. The molecule has 2 fully saturated rings. The highest BCUT2D eigenvalue weighted by Gasteiger charge is 2.53. The topological polar surface area (TPSA) is 63.1 Å². The van der Waals surface area contributed by atoms with Crippen molar-refractivity contribution in [2.75, 3.05) is 14.2 Å². The van der Waals surface area contributed by atoms with Gasteiger partial charge in [-0.05, 0) is 48.2 Å². The first-order chi connectivity index (χ1) is 13.6. The van der Waals surface area contributed by atoms with Crippen LogP contribution in [0.5, 0.6) is 11.5 Å². The summed E-state index contributed by atoms with van der Waals surface area (Å²) in [5, 5.41) is 17.8. The van der Waals surface area contributed by atoms with Crippen LogP contribution in [0.1, 0.15) is 49.4 Å². The molecule has 4 rings (SSSR count). The molecule has 148 valence electrons. The Bertz CT molecular complexity index is 882. The molecule has 2 aliphatic rings. The van der Waals surface area contributed by atoms with Crippen LogP contribution in [0.2, 0.25) is 0 Å². The molecule has 2 aromatic rings. The average Bonchev–Trinajstić information content (AvgIpc) is 2.73. The van der Waals surface area contributed by atoms with Crippen LogP contribution < -0.4 is 14.8 Å². The first-order valence-electron chi connectivity index (χ1n) is 9.87. The van der Waals surface area contributed by atoms with E-state index in [1.807, 2.05) is 24.3 Å². The van der Waals surface area contributed by atoms with Crippen molar-refractivity contribution < 1.29 is 14.7 Å². The second kappa shape index (κ2) is 7.47. The van der Waals surface area contributed by atoms with Crippen LogP contribution in [0.25, 0.3) is 0 Å². The fraction of sp³-hybridized carbons (Fsp3) is 0.435. The van der Waals surface area contributed by atoms with E-state index in [0.29, 0.717) is 0 Å².